The number of nitrogens with zero attached hydrogens (tertiary/aromatic N) is 2. The second-order valence-corrected chi connectivity index (χ2v) is 7.30. The van der Waals surface area contributed by atoms with Gasteiger partial charge in [-0.15, -0.1) is 24.0 Å². The van der Waals surface area contributed by atoms with Gasteiger partial charge in [0.15, 0.2) is 5.96 Å². The van der Waals surface area contributed by atoms with Crippen LogP contribution in [0, 0.1) is 5.92 Å². The van der Waals surface area contributed by atoms with E-state index in [-0.39, 0.29) is 41.8 Å². The van der Waals surface area contributed by atoms with Crippen LogP contribution < -0.4 is 10.6 Å². The van der Waals surface area contributed by atoms with Crippen molar-refractivity contribution in [1.82, 2.24) is 15.5 Å². The summed E-state index contributed by atoms with van der Waals surface area (Å²) in [6, 6.07) is 10.9. The van der Waals surface area contributed by atoms with Gasteiger partial charge < -0.3 is 15.5 Å². The van der Waals surface area contributed by atoms with Crippen LogP contribution in [0.5, 0.6) is 0 Å². The van der Waals surface area contributed by atoms with Crippen LogP contribution in [0.3, 0.4) is 0 Å². The van der Waals surface area contributed by atoms with Gasteiger partial charge in [-0.2, -0.15) is 0 Å². The number of hydrogen-bond acceptors (Lipinski definition) is 2. The zero-order valence-corrected chi connectivity index (χ0v) is 19.4. The molecule has 0 aliphatic carbocycles. The number of halogens is 1. The van der Waals surface area contributed by atoms with Crippen molar-refractivity contribution < 1.29 is 4.79 Å². The standard InChI is InChI=1S/C21H34N4O.HI/c1-5-17(18-10-8-7-9-11-18)14-23-21(22-6-2)24-19-12-13-25(15-19)20(26)16(3)4;/h7-11,16-17,19H,5-6,12-15H2,1-4H3,(H2,22,23,24);1H. The highest BCUT2D eigenvalue weighted by atomic mass is 127. The van der Waals surface area contributed by atoms with E-state index < -0.39 is 0 Å². The molecule has 1 saturated heterocycles. The molecule has 0 bridgehead atoms. The van der Waals surface area contributed by atoms with Crippen molar-refractivity contribution in [3.8, 4) is 0 Å². The Morgan fingerprint density at radius 3 is 2.56 bits per heavy atom. The highest BCUT2D eigenvalue weighted by Gasteiger charge is 2.28. The Kier molecular flexibility index (Phi) is 10.7. The van der Waals surface area contributed by atoms with E-state index in [0.29, 0.717) is 5.92 Å². The van der Waals surface area contributed by atoms with Gasteiger partial charge in [-0.25, -0.2) is 0 Å². The minimum absolute atomic E-state index is 0. The molecule has 1 aromatic carbocycles. The zero-order valence-electron chi connectivity index (χ0n) is 17.1. The van der Waals surface area contributed by atoms with Crippen molar-refractivity contribution in [2.24, 2.45) is 10.9 Å². The Labute approximate surface area is 181 Å². The minimum Gasteiger partial charge on any atom is -0.357 e. The third kappa shape index (κ3) is 7.31. The zero-order chi connectivity index (χ0) is 18.9. The molecule has 1 aliphatic heterocycles. The van der Waals surface area contributed by atoms with Gasteiger partial charge in [-0.05, 0) is 25.3 Å². The topological polar surface area (TPSA) is 56.7 Å². The van der Waals surface area contributed by atoms with Crippen LogP contribution in [-0.4, -0.2) is 49.0 Å². The maximum Gasteiger partial charge on any atom is 0.225 e. The van der Waals surface area contributed by atoms with Crippen molar-refractivity contribution in [2.45, 2.75) is 52.5 Å². The summed E-state index contributed by atoms with van der Waals surface area (Å²) in [7, 11) is 0. The second-order valence-electron chi connectivity index (χ2n) is 7.30. The molecule has 2 atom stereocenters. The first-order valence-electron chi connectivity index (χ1n) is 9.93. The molecule has 1 heterocycles. The van der Waals surface area contributed by atoms with Crippen molar-refractivity contribution in [1.29, 1.82) is 0 Å². The Balaban J connectivity index is 0.00000364. The Morgan fingerprint density at radius 2 is 1.96 bits per heavy atom. The number of hydrogen-bond donors (Lipinski definition) is 2. The van der Waals surface area contributed by atoms with Crippen molar-refractivity contribution in [3.05, 3.63) is 35.9 Å². The maximum absolute atomic E-state index is 12.2. The molecular formula is C21H35IN4O. The van der Waals surface area contributed by atoms with Gasteiger partial charge in [-0.3, -0.25) is 9.79 Å². The average molecular weight is 486 g/mol. The summed E-state index contributed by atoms with van der Waals surface area (Å²) in [5, 5.41) is 6.86. The van der Waals surface area contributed by atoms with Crippen LogP contribution in [0.1, 0.15) is 52.0 Å². The van der Waals surface area contributed by atoms with Gasteiger partial charge in [0.25, 0.3) is 0 Å². The van der Waals surface area contributed by atoms with Crippen LogP contribution in [0.2, 0.25) is 0 Å². The number of benzene rings is 1. The fourth-order valence-electron chi connectivity index (χ4n) is 3.35. The third-order valence-electron chi connectivity index (χ3n) is 4.91. The molecule has 0 spiro atoms. The van der Waals surface area contributed by atoms with E-state index in [0.717, 1.165) is 45.0 Å². The van der Waals surface area contributed by atoms with E-state index in [4.69, 9.17) is 4.99 Å². The lowest BCUT2D eigenvalue weighted by Crippen LogP contribution is -2.45. The summed E-state index contributed by atoms with van der Waals surface area (Å²) >= 11 is 0. The molecule has 6 heteroatoms. The number of amides is 1. The van der Waals surface area contributed by atoms with Crippen LogP contribution in [0.15, 0.2) is 35.3 Å². The summed E-state index contributed by atoms with van der Waals surface area (Å²) < 4.78 is 0. The predicted molar refractivity (Wildman–Crippen MR) is 124 cm³/mol. The number of guanidine groups is 1. The van der Waals surface area contributed by atoms with Gasteiger partial charge in [0.1, 0.15) is 0 Å². The molecule has 1 fully saturated rings. The first kappa shape index (κ1) is 23.7. The Hall–Kier alpha value is -1.31. The highest BCUT2D eigenvalue weighted by Crippen LogP contribution is 2.19. The van der Waals surface area contributed by atoms with Gasteiger partial charge >= 0.3 is 0 Å². The number of rotatable bonds is 7. The van der Waals surface area contributed by atoms with E-state index in [9.17, 15) is 4.79 Å². The highest BCUT2D eigenvalue weighted by molar-refractivity contribution is 14.0. The van der Waals surface area contributed by atoms with Gasteiger partial charge in [0, 0.05) is 44.1 Å². The number of likely N-dealkylation sites (tertiary alicyclic amines) is 1. The van der Waals surface area contributed by atoms with E-state index >= 15 is 0 Å². The fraction of sp³-hybridized carbons (Fsp3) is 0.619. The van der Waals surface area contributed by atoms with Crippen molar-refractivity contribution >= 4 is 35.8 Å². The van der Waals surface area contributed by atoms with E-state index in [2.05, 4.69) is 54.8 Å². The Bertz CT molecular complexity index is 591. The molecule has 1 aliphatic rings. The molecule has 0 aromatic heterocycles. The quantitative estimate of drug-likeness (QED) is 0.352. The summed E-state index contributed by atoms with van der Waals surface area (Å²) in [6.07, 6.45) is 2.03. The molecule has 1 amide bonds. The van der Waals surface area contributed by atoms with Gasteiger partial charge in [0.2, 0.25) is 5.91 Å². The smallest absolute Gasteiger partial charge is 0.225 e. The van der Waals surface area contributed by atoms with Crippen LogP contribution in [0.4, 0.5) is 0 Å². The molecule has 0 saturated carbocycles. The molecular weight excluding hydrogens is 451 g/mol. The molecule has 5 nitrogen and oxygen atoms in total. The number of carbonyl (C=O) groups excluding carboxylic acids is 1. The summed E-state index contributed by atoms with van der Waals surface area (Å²) in [6.45, 7) is 11.4. The molecule has 0 radical (unpaired) electrons. The molecule has 1 aromatic rings. The summed E-state index contributed by atoms with van der Waals surface area (Å²) in [5.74, 6) is 1.58. The SMILES string of the molecule is CCNC(=NCC(CC)c1ccccc1)NC1CCN(C(=O)C(C)C)C1.I. The van der Waals surface area contributed by atoms with E-state index in [1.165, 1.54) is 5.56 Å². The normalized spacial score (nSPS) is 18.2. The number of carbonyl (C=O) groups is 1. The van der Waals surface area contributed by atoms with Crippen molar-refractivity contribution in [3.63, 3.8) is 0 Å². The second kappa shape index (κ2) is 12.2. The maximum atomic E-state index is 12.2. The molecule has 2 N–H and O–H groups in total. The first-order valence-corrected chi connectivity index (χ1v) is 9.93. The predicted octanol–water partition coefficient (Wildman–Crippen LogP) is 3.61. The lowest BCUT2D eigenvalue weighted by atomic mass is 9.97. The van der Waals surface area contributed by atoms with Gasteiger partial charge in [0.05, 0.1) is 0 Å². The molecule has 27 heavy (non-hydrogen) atoms. The first-order chi connectivity index (χ1) is 12.5. The minimum atomic E-state index is 0. The molecule has 152 valence electrons. The van der Waals surface area contributed by atoms with Crippen LogP contribution in [0.25, 0.3) is 0 Å². The number of nitrogens with one attached hydrogen (secondary N) is 2. The largest absolute Gasteiger partial charge is 0.357 e. The summed E-state index contributed by atoms with van der Waals surface area (Å²) in [5.41, 5.74) is 1.34. The molecule has 2 rings (SSSR count). The van der Waals surface area contributed by atoms with Crippen molar-refractivity contribution in [2.75, 3.05) is 26.2 Å². The monoisotopic (exact) mass is 486 g/mol. The summed E-state index contributed by atoms with van der Waals surface area (Å²) in [4.78, 5) is 18.9. The third-order valence-corrected chi connectivity index (χ3v) is 4.91. The molecule has 2 unspecified atom stereocenters. The average Bonchev–Trinajstić information content (AvgIpc) is 3.11. The Morgan fingerprint density at radius 1 is 1.26 bits per heavy atom. The lowest BCUT2D eigenvalue weighted by Gasteiger charge is -2.21. The van der Waals surface area contributed by atoms with Crippen LogP contribution >= 0.6 is 24.0 Å². The van der Waals surface area contributed by atoms with E-state index in [1.807, 2.05) is 18.7 Å². The van der Waals surface area contributed by atoms with E-state index in [1.54, 1.807) is 0 Å². The lowest BCUT2D eigenvalue weighted by molar-refractivity contribution is -0.133. The van der Waals surface area contributed by atoms with Crippen LogP contribution in [-0.2, 0) is 4.79 Å². The fourth-order valence-corrected chi connectivity index (χ4v) is 3.35. The van der Waals surface area contributed by atoms with Gasteiger partial charge in [-0.1, -0.05) is 51.1 Å². The number of aliphatic imine (C=N–C) groups is 1.